The number of carbonyl (C=O) groups is 3. The number of aryl methyl sites for hydroxylation is 1. The van der Waals surface area contributed by atoms with Gasteiger partial charge in [-0.2, -0.15) is 5.26 Å². The molecule has 0 bridgehead atoms. The first-order valence-corrected chi connectivity index (χ1v) is 6.35. The van der Waals surface area contributed by atoms with E-state index in [4.69, 9.17) is 15.1 Å². The topological polar surface area (TPSA) is 104 Å². The Balaban J connectivity index is 2.85. The van der Waals surface area contributed by atoms with Crippen molar-refractivity contribution in [3.63, 3.8) is 0 Å². The van der Waals surface area contributed by atoms with Gasteiger partial charge in [0.05, 0.1) is 24.7 Å². The molecule has 0 spiro atoms. The number of nitriles is 1. The molecule has 21 heavy (non-hydrogen) atoms. The minimum absolute atomic E-state index is 0.173. The third-order valence-electron chi connectivity index (χ3n) is 2.69. The van der Waals surface area contributed by atoms with Gasteiger partial charge in [-0.05, 0) is 31.0 Å². The van der Waals surface area contributed by atoms with E-state index >= 15 is 0 Å². The average Bonchev–Trinajstić information content (AvgIpc) is 2.43. The summed E-state index contributed by atoms with van der Waals surface area (Å²) in [6.07, 6.45) is 0.158. The molecule has 6 nitrogen and oxygen atoms in total. The van der Waals surface area contributed by atoms with Gasteiger partial charge in [0.1, 0.15) is 5.75 Å². The van der Waals surface area contributed by atoms with Crippen molar-refractivity contribution >= 4 is 17.5 Å². The van der Waals surface area contributed by atoms with Crippen molar-refractivity contribution < 1.29 is 24.2 Å². The summed E-state index contributed by atoms with van der Waals surface area (Å²) in [6, 6.07) is 6.82. The Hall–Kier alpha value is -2.68. The van der Waals surface area contributed by atoms with Gasteiger partial charge in [0.25, 0.3) is 0 Å². The van der Waals surface area contributed by atoms with Crippen molar-refractivity contribution in [2.75, 3.05) is 6.61 Å². The Morgan fingerprint density at radius 2 is 2.05 bits per heavy atom. The van der Waals surface area contributed by atoms with Gasteiger partial charge in [0.2, 0.25) is 5.78 Å². The number of carbonyl (C=O) groups excluding carboxylic acids is 2. The van der Waals surface area contributed by atoms with Gasteiger partial charge < -0.3 is 9.84 Å². The summed E-state index contributed by atoms with van der Waals surface area (Å²) in [6.45, 7) is 2.09. The number of unbranched alkanes of at least 4 members (excludes halogenated alkanes) is 1. The summed E-state index contributed by atoms with van der Waals surface area (Å²) in [5.41, 5.74) is 1.04. The van der Waals surface area contributed by atoms with Gasteiger partial charge in [0, 0.05) is 6.42 Å². The fourth-order valence-electron chi connectivity index (χ4n) is 1.63. The first-order chi connectivity index (χ1) is 9.95. The lowest BCUT2D eigenvalue weighted by molar-refractivity contribution is -0.148. The lowest BCUT2D eigenvalue weighted by Crippen LogP contribution is -2.17. The van der Waals surface area contributed by atoms with Crippen LogP contribution in [0.5, 0.6) is 5.75 Å². The highest BCUT2D eigenvalue weighted by Crippen LogP contribution is 2.22. The zero-order valence-electron chi connectivity index (χ0n) is 11.6. The van der Waals surface area contributed by atoms with E-state index in [0.717, 1.165) is 5.56 Å². The second-order valence-corrected chi connectivity index (χ2v) is 4.44. The fraction of sp³-hybridized carbons (Fsp3) is 0.333. The SMILES string of the molecule is Cc1ccc(C(=O)CC(=O)C(=O)O)c(OCCCC#N)c1. The number of hydrogen-bond acceptors (Lipinski definition) is 5. The van der Waals surface area contributed by atoms with Crippen molar-refractivity contribution in [1.29, 1.82) is 5.26 Å². The number of aliphatic carboxylic acids is 1. The summed E-state index contributed by atoms with van der Waals surface area (Å²) < 4.78 is 5.45. The van der Waals surface area contributed by atoms with Gasteiger partial charge >= 0.3 is 5.97 Å². The van der Waals surface area contributed by atoms with Crippen LogP contribution >= 0.6 is 0 Å². The minimum atomic E-state index is -1.63. The van der Waals surface area contributed by atoms with Crippen molar-refractivity contribution in [3.05, 3.63) is 29.3 Å². The van der Waals surface area contributed by atoms with Gasteiger partial charge in [-0.15, -0.1) is 0 Å². The Kier molecular flexibility index (Phi) is 6.08. The molecule has 0 aromatic heterocycles. The number of Topliss-reactive ketones (excluding diaryl/α,β-unsaturated/α-hetero) is 2. The van der Waals surface area contributed by atoms with Crippen molar-refractivity contribution in [3.8, 4) is 11.8 Å². The first-order valence-electron chi connectivity index (χ1n) is 6.35. The first kappa shape index (κ1) is 16.4. The zero-order valence-corrected chi connectivity index (χ0v) is 11.6. The van der Waals surface area contributed by atoms with Gasteiger partial charge in [-0.1, -0.05) is 6.07 Å². The number of nitrogens with zero attached hydrogens (tertiary/aromatic N) is 1. The molecule has 0 radical (unpaired) electrons. The largest absolute Gasteiger partial charge is 0.493 e. The van der Waals surface area contributed by atoms with Crippen LogP contribution in [0, 0.1) is 18.3 Å². The Morgan fingerprint density at radius 3 is 2.67 bits per heavy atom. The van der Waals surface area contributed by atoms with E-state index < -0.39 is 24.0 Å². The molecule has 6 heteroatoms. The number of benzene rings is 1. The highest BCUT2D eigenvalue weighted by Gasteiger charge is 2.20. The highest BCUT2D eigenvalue weighted by molar-refractivity contribution is 6.37. The van der Waals surface area contributed by atoms with Crippen LogP contribution in [-0.2, 0) is 9.59 Å². The zero-order chi connectivity index (χ0) is 15.8. The molecule has 0 aliphatic heterocycles. The molecule has 0 fully saturated rings. The molecule has 1 aromatic rings. The van der Waals surface area contributed by atoms with E-state index in [1.54, 1.807) is 12.1 Å². The summed E-state index contributed by atoms with van der Waals surface area (Å²) in [5.74, 6) is -3.09. The van der Waals surface area contributed by atoms with Gasteiger partial charge in [-0.3, -0.25) is 9.59 Å². The van der Waals surface area contributed by atoms with Crippen LogP contribution in [0.1, 0.15) is 35.2 Å². The molecule has 110 valence electrons. The van der Waals surface area contributed by atoms with Gasteiger partial charge in [0.15, 0.2) is 5.78 Å². The maximum Gasteiger partial charge on any atom is 0.372 e. The monoisotopic (exact) mass is 289 g/mol. The summed E-state index contributed by atoms with van der Waals surface area (Å²) >= 11 is 0. The van der Waals surface area contributed by atoms with Gasteiger partial charge in [-0.25, -0.2) is 4.79 Å². The second kappa shape index (κ2) is 7.80. The maximum absolute atomic E-state index is 12.0. The Morgan fingerprint density at radius 1 is 1.33 bits per heavy atom. The molecule has 0 unspecified atom stereocenters. The van der Waals surface area contributed by atoms with E-state index in [0.29, 0.717) is 18.6 Å². The molecular weight excluding hydrogens is 274 g/mol. The van der Waals surface area contributed by atoms with E-state index in [2.05, 4.69) is 0 Å². The maximum atomic E-state index is 12.0. The van der Waals surface area contributed by atoms with Crippen LogP contribution in [0.4, 0.5) is 0 Å². The third kappa shape index (κ3) is 5.07. The average molecular weight is 289 g/mol. The molecule has 1 aromatic carbocycles. The van der Waals surface area contributed by atoms with E-state index in [1.807, 2.05) is 13.0 Å². The minimum Gasteiger partial charge on any atom is -0.493 e. The molecule has 0 atom stereocenters. The molecule has 0 aliphatic carbocycles. The van der Waals surface area contributed by atoms with Crippen LogP contribution in [0.25, 0.3) is 0 Å². The smallest absolute Gasteiger partial charge is 0.372 e. The molecule has 0 heterocycles. The fourth-order valence-corrected chi connectivity index (χ4v) is 1.63. The third-order valence-corrected chi connectivity index (χ3v) is 2.69. The number of ketones is 2. The standard InChI is InChI=1S/C15H15NO5/c1-10-4-5-11(12(17)9-13(18)15(19)20)14(8-10)21-7-3-2-6-16/h4-5,8H,2-3,7,9H2,1H3,(H,19,20). The van der Waals surface area contributed by atoms with Crippen molar-refractivity contribution in [1.82, 2.24) is 0 Å². The second-order valence-electron chi connectivity index (χ2n) is 4.44. The van der Waals surface area contributed by atoms with Crippen LogP contribution in [-0.4, -0.2) is 29.2 Å². The van der Waals surface area contributed by atoms with Crippen LogP contribution in [0.15, 0.2) is 18.2 Å². The number of hydrogen-bond donors (Lipinski definition) is 1. The Labute approximate surface area is 122 Å². The van der Waals surface area contributed by atoms with E-state index in [1.165, 1.54) is 6.07 Å². The molecule has 0 amide bonds. The van der Waals surface area contributed by atoms with Crippen LogP contribution < -0.4 is 4.74 Å². The Bertz CT molecular complexity index is 601. The lowest BCUT2D eigenvalue weighted by Gasteiger charge is -2.10. The van der Waals surface area contributed by atoms with Crippen molar-refractivity contribution in [2.45, 2.75) is 26.2 Å². The molecule has 0 aliphatic rings. The predicted octanol–water partition coefficient (Wildman–Crippen LogP) is 1.90. The van der Waals surface area contributed by atoms with Crippen molar-refractivity contribution in [2.24, 2.45) is 0 Å². The highest BCUT2D eigenvalue weighted by atomic mass is 16.5. The number of carboxylic acid groups (broad SMARTS) is 1. The number of rotatable bonds is 8. The number of carboxylic acids is 1. The van der Waals surface area contributed by atoms with Crippen LogP contribution in [0.2, 0.25) is 0 Å². The lowest BCUT2D eigenvalue weighted by atomic mass is 10.0. The molecular formula is C15H15NO5. The van der Waals surface area contributed by atoms with E-state index in [-0.39, 0.29) is 12.2 Å². The summed E-state index contributed by atoms with van der Waals surface area (Å²) in [4.78, 5) is 33.6. The summed E-state index contributed by atoms with van der Waals surface area (Å²) in [5, 5.41) is 17.0. The quantitative estimate of drug-likeness (QED) is 0.339. The van der Waals surface area contributed by atoms with E-state index in [9.17, 15) is 14.4 Å². The molecule has 0 saturated heterocycles. The molecule has 0 saturated carbocycles. The van der Waals surface area contributed by atoms with Crippen LogP contribution in [0.3, 0.4) is 0 Å². The molecule has 1 rings (SSSR count). The molecule has 1 N–H and O–H groups in total. The number of ether oxygens (including phenoxy) is 1. The normalized spacial score (nSPS) is 9.71. The predicted molar refractivity (Wildman–Crippen MR) is 73.1 cm³/mol. The summed E-state index contributed by atoms with van der Waals surface area (Å²) in [7, 11) is 0.